The van der Waals surface area contributed by atoms with E-state index >= 15 is 0 Å². The van der Waals surface area contributed by atoms with E-state index < -0.39 is 0 Å². The lowest BCUT2D eigenvalue weighted by molar-refractivity contribution is -0.123. The molecule has 1 heterocycles. The number of benzene rings is 1. The third-order valence-corrected chi connectivity index (χ3v) is 4.98. The number of piperidine rings is 1. The standard InChI is InChI=1S/C19H30N2O3.ClH/c1-13(15-7-9-20-10-8-15)11-19(22)21-14(2)16-5-6-17(23-3)18(12-16)24-4;/h5-6,12-15,20H,7-11H2,1-4H3,(H,21,22);1H. The molecule has 0 radical (unpaired) electrons. The number of methoxy groups -OCH3 is 2. The molecule has 142 valence electrons. The van der Waals surface area contributed by atoms with Gasteiger partial charge in [0.05, 0.1) is 20.3 Å². The zero-order valence-corrected chi connectivity index (χ0v) is 16.4. The molecule has 5 nitrogen and oxygen atoms in total. The minimum absolute atomic E-state index is 0. The van der Waals surface area contributed by atoms with E-state index in [1.165, 1.54) is 12.8 Å². The van der Waals surface area contributed by atoms with Crippen molar-refractivity contribution >= 4 is 18.3 Å². The molecule has 2 rings (SSSR count). The van der Waals surface area contributed by atoms with Crippen LogP contribution in [0.1, 0.15) is 44.7 Å². The number of carbonyl (C=O) groups excluding carboxylic acids is 1. The minimum atomic E-state index is -0.0578. The molecule has 0 saturated carbocycles. The van der Waals surface area contributed by atoms with E-state index in [4.69, 9.17) is 9.47 Å². The number of nitrogens with one attached hydrogen (secondary N) is 2. The van der Waals surface area contributed by atoms with Gasteiger partial charge in [-0.05, 0) is 62.4 Å². The highest BCUT2D eigenvalue weighted by atomic mass is 35.5. The Bertz CT molecular complexity index is 547. The van der Waals surface area contributed by atoms with Gasteiger partial charge in [-0.25, -0.2) is 0 Å². The molecule has 0 bridgehead atoms. The summed E-state index contributed by atoms with van der Waals surface area (Å²) in [5.41, 5.74) is 1.01. The monoisotopic (exact) mass is 370 g/mol. The zero-order chi connectivity index (χ0) is 17.5. The summed E-state index contributed by atoms with van der Waals surface area (Å²) in [6, 6.07) is 5.69. The van der Waals surface area contributed by atoms with Gasteiger partial charge in [-0.2, -0.15) is 0 Å². The van der Waals surface area contributed by atoms with Gasteiger partial charge in [-0.15, -0.1) is 12.4 Å². The van der Waals surface area contributed by atoms with Crippen molar-refractivity contribution in [2.24, 2.45) is 11.8 Å². The molecule has 2 atom stereocenters. The van der Waals surface area contributed by atoms with Crippen molar-refractivity contribution in [3.05, 3.63) is 23.8 Å². The molecule has 1 aromatic carbocycles. The van der Waals surface area contributed by atoms with Gasteiger partial charge in [-0.3, -0.25) is 4.79 Å². The maximum absolute atomic E-state index is 12.4. The molecule has 0 aromatic heterocycles. The summed E-state index contributed by atoms with van der Waals surface area (Å²) < 4.78 is 10.6. The Balaban J connectivity index is 0.00000312. The van der Waals surface area contributed by atoms with Gasteiger partial charge in [0.25, 0.3) is 0 Å². The number of ether oxygens (including phenoxy) is 2. The van der Waals surface area contributed by atoms with Crippen molar-refractivity contribution in [2.45, 2.75) is 39.2 Å². The Kier molecular flexibility index (Phi) is 9.08. The van der Waals surface area contributed by atoms with Gasteiger partial charge in [0, 0.05) is 6.42 Å². The molecule has 1 saturated heterocycles. The van der Waals surface area contributed by atoms with Gasteiger partial charge < -0.3 is 20.1 Å². The molecule has 2 N–H and O–H groups in total. The highest BCUT2D eigenvalue weighted by molar-refractivity contribution is 5.85. The summed E-state index contributed by atoms with van der Waals surface area (Å²) in [5.74, 6) is 2.56. The fraction of sp³-hybridized carbons (Fsp3) is 0.632. The predicted molar refractivity (Wildman–Crippen MR) is 103 cm³/mol. The number of hydrogen-bond acceptors (Lipinski definition) is 4. The van der Waals surface area contributed by atoms with Crippen molar-refractivity contribution in [1.29, 1.82) is 0 Å². The SMILES string of the molecule is COc1ccc(C(C)NC(=O)CC(C)C2CCNCC2)cc1OC.Cl. The number of halogens is 1. The third kappa shape index (κ3) is 6.08. The first-order valence-electron chi connectivity index (χ1n) is 8.77. The fourth-order valence-corrected chi connectivity index (χ4v) is 3.38. The summed E-state index contributed by atoms with van der Waals surface area (Å²) in [6.07, 6.45) is 2.92. The summed E-state index contributed by atoms with van der Waals surface area (Å²) in [5, 5.41) is 6.48. The van der Waals surface area contributed by atoms with Crippen LogP contribution in [0.3, 0.4) is 0 Å². The van der Waals surface area contributed by atoms with Crippen LogP contribution in [0.25, 0.3) is 0 Å². The van der Waals surface area contributed by atoms with Gasteiger partial charge in [0.15, 0.2) is 11.5 Å². The topological polar surface area (TPSA) is 59.6 Å². The largest absolute Gasteiger partial charge is 0.493 e. The Morgan fingerprint density at radius 3 is 2.44 bits per heavy atom. The van der Waals surface area contributed by atoms with Crippen LogP contribution in [0, 0.1) is 11.8 Å². The van der Waals surface area contributed by atoms with Crippen LogP contribution < -0.4 is 20.1 Å². The van der Waals surface area contributed by atoms with E-state index in [-0.39, 0.29) is 24.4 Å². The summed E-state index contributed by atoms with van der Waals surface area (Å²) in [4.78, 5) is 12.4. The minimum Gasteiger partial charge on any atom is -0.493 e. The van der Waals surface area contributed by atoms with Gasteiger partial charge >= 0.3 is 0 Å². The van der Waals surface area contributed by atoms with E-state index in [2.05, 4.69) is 17.6 Å². The summed E-state index contributed by atoms with van der Waals surface area (Å²) >= 11 is 0. The fourth-order valence-electron chi connectivity index (χ4n) is 3.38. The lowest BCUT2D eigenvalue weighted by Gasteiger charge is -2.28. The van der Waals surface area contributed by atoms with E-state index in [9.17, 15) is 4.79 Å². The van der Waals surface area contributed by atoms with Crippen LogP contribution >= 0.6 is 12.4 Å². The Morgan fingerprint density at radius 2 is 1.84 bits per heavy atom. The molecule has 1 fully saturated rings. The van der Waals surface area contributed by atoms with Crippen LogP contribution in [0.4, 0.5) is 0 Å². The summed E-state index contributed by atoms with van der Waals surface area (Å²) in [6.45, 7) is 6.32. The second-order valence-corrected chi connectivity index (χ2v) is 6.67. The zero-order valence-electron chi connectivity index (χ0n) is 15.6. The molecule has 2 unspecified atom stereocenters. The van der Waals surface area contributed by atoms with Crippen molar-refractivity contribution in [2.75, 3.05) is 27.3 Å². The molecule has 0 aliphatic carbocycles. The molecule has 25 heavy (non-hydrogen) atoms. The van der Waals surface area contributed by atoms with Crippen LogP contribution in [-0.2, 0) is 4.79 Å². The Labute approximate surface area is 157 Å². The first kappa shape index (κ1) is 21.6. The number of carbonyl (C=O) groups is 1. The number of hydrogen-bond donors (Lipinski definition) is 2. The van der Waals surface area contributed by atoms with Gasteiger partial charge in [0.1, 0.15) is 0 Å². The molecule has 0 spiro atoms. The first-order chi connectivity index (χ1) is 11.5. The van der Waals surface area contributed by atoms with Gasteiger partial charge in [0.2, 0.25) is 5.91 Å². The molecule has 1 aromatic rings. The van der Waals surface area contributed by atoms with Crippen molar-refractivity contribution in [1.82, 2.24) is 10.6 Å². The van der Waals surface area contributed by atoms with E-state index in [0.717, 1.165) is 18.7 Å². The van der Waals surface area contributed by atoms with Crippen molar-refractivity contribution in [3.8, 4) is 11.5 Å². The van der Waals surface area contributed by atoms with Crippen LogP contribution in [0.2, 0.25) is 0 Å². The maximum Gasteiger partial charge on any atom is 0.220 e. The quantitative estimate of drug-likeness (QED) is 0.772. The maximum atomic E-state index is 12.4. The highest BCUT2D eigenvalue weighted by Gasteiger charge is 2.22. The van der Waals surface area contributed by atoms with E-state index in [1.54, 1.807) is 14.2 Å². The molecule has 1 aliphatic rings. The molecule has 1 aliphatic heterocycles. The normalized spacial score (nSPS) is 17.1. The highest BCUT2D eigenvalue weighted by Crippen LogP contribution is 2.30. The first-order valence-corrected chi connectivity index (χ1v) is 8.77. The lowest BCUT2D eigenvalue weighted by Crippen LogP contribution is -2.34. The van der Waals surface area contributed by atoms with Gasteiger partial charge in [-0.1, -0.05) is 13.0 Å². The van der Waals surface area contributed by atoms with E-state index in [0.29, 0.717) is 29.8 Å². The van der Waals surface area contributed by atoms with Crippen LogP contribution in [0.5, 0.6) is 11.5 Å². The average molecular weight is 371 g/mol. The average Bonchev–Trinajstić information content (AvgIpc) is 2.61. The smallest absolute Gasteiger partial charge is 0.220 e. The van der Waals surface area contributed by atoms with E-state index in [1.807, 2.05) is 25.1 Å². The Hall–Kier alpha value is -1.46. The van der Waals surface area contributed by atoms with Crippen LogP contribution in [-0.4, -0.2) is 33.2 Å². The number of amides is 1. The van der Waals surface area contributed by atoms with Crippen LogP contribution in [0.15, 0.2) is 18.2 Å². The second kappa shape index (κ2) is 10.5. The number of rotatable bonds is 7. The molecule has 1 amide bonds. The predicted octanol–water partition coefficient (Wildman–Crippen LogP) is 3.33. The molecule has 6 heteroatoms. The molecular formula is C19H31ClN2O3. The lowest BCUT2D eigenvalue weighted by atomic mass is 9.84. The van der Waals surface area contributed by atoms with Crippen molar-refractivity contribution < 1.29 is 14.3 Å². The molecular weight excluding hydrogens is 340 g/mol. The second-order valence-electron chi connectivity index (χ2n) is 6.67. The Morgan fingerprint density at radius 1 is 1.20 bits per heavy atom. The summed E-state index contributed by atoms with van der Waals surface area (Å²) in [7, 11) is 3.23. The third-order valence-electron chi connectivity index (χ3n) is 4.98. The van der Waals surface area contributed by atoms with Crippen molar-refractivity contribution in [3.63, 3.8) is 0 Å².